The largest absolute Gasteiger partial charge is 0.311 e. The van der Waals surface area contributed by atoms with Gasteiger partial charge in [-0.15, -0.1) is 0 Å². The van der Waals surface area contributed by atoms with Gasteiger partial charge in [-0.3, -0.25) is 4.90 Å². The molecule has 0 aliphatic carbocycles. The van der Waals surface area contributed by atoms with Crippen LogP contribution in [0, 0.1) is 0 Å². The molecule has 0 radical (unpaired) electrons. The summed E-state index contributed by atoms with van der Waals surface area (Å²) < 4.78 is 29.4. The third-order valence-corrected chi connectivity index (χ3v) is 1.78. The molecule has 0 amide bonds. The van der Waals surface area contributed by atoms with Crippen LogP contribution in [0.1, 0.15) is 13.8 Å². The van der Waals surface area contributed by atoms with Gasteiger partial charge in [-0.2, -0.15) is 0 Å². The summed E-state index contributed by atoms with van der Waals surface area (Å²) in [6.45, 7) is 4.17. The number of alkyl halides is 2. The van der Waals surface area contributed by atoms with E-state index in [0.29, 0.717) is 0 Å². The van der Waals surface area contributed by atoms with E-state index in [1.54, 1.807) is 4.90 Å². The molecule has 0 N–H and O–H groups in total. The van der Waals surface area contributed by atoms with Gasteiger partial charge in [0.1, 0.15) is 0 Å². The molecule has 1 saturated heterocycles. The summed E-state index contributed by atoms with van der Waals surface area (Å²) in [5.74, 6) is 0. The maximum Gasteiger partial charge on any atom is 0.214 e. The van der Waals surface area contributed by atoms with Crippen LogP contribution in [0.25, 0.3) is 0 Å². The molecular formula is C7H13F2NO. The molecule has 0 bridgehead atoms. The van der Waals surface area contributed by atoms with Crippen molar-refractivity contribution in [1.82, 2.24) is 4.90 Å². The first kappa shape index (κ1) is 8.87. The van der Waals surface area contributed by atoms with E-state index in [1.807, 2.05) is 13.8 Å². The molecule has 11 heavy (non-hydrogen) atoms. The van der Waals surface area contributed by atoms with Gasteiger partial charge >= 0.3 is 0 Å². The standard InChI is InChI=1S/C7H13F2NO/c1-5(2)10-3-6(8)11-7(9)4-10/h5-7H,3-4H2,1-2H3/t6-,7-/m1/s1. The van der Waals surface area contributed by atoms with E-state index in [0.717, 1.165) is 0 Å². The molecule has 0 aromatic heterocycles. The zero-order valence-corrected chi connectivity index (χ0v) is 6.76. The van der Waals surface area contributed by atoms with Crippen molar-refractivity contribution >= 4 is 0 Å². The molecular weight excluding hydrogens is 152 g/mol. The number of rotatable bonds is 1. The summed E-state index contributed by atoms with van der Waals surface area (Å²) in [6.07, 6.45) is -2.94. The van der Waals surface area contributed by atoms with Gasteiger partial charge in [0, 0.05) is 6.04 Å². The Morgan fingerprint density at radius 3 is 2.09 bits per heavy atom. The third-order valence-electron chi connectivity index (χ3n) is 1.78. The molecule has 0 spiro atoms. The number of nitrogens with zero attached hydrogens (tertiary/aromatic N) is 1. The normalized spacial score (nSPS) is 34.6. The summed E-state index contributed by atoms with van der Waals surface area (Å²) in [5.41, 5.74) is 0. The van der Waals surface area contributed by atoms with Crippen LogP contribution in [0.4, 0.5) is 8.78 Å². The lowest BCUT2D eigenvalue weighted by Gasteiger charge is -2.33. The van der Waals surface area contributed by atoms with E-state index in [1.165, 1.54) is 0 Å². The van der Waals surface area contributed by atoms with E-state index in [2.05, 4.69) is 4.74 Å². The lowest BCUT2D eigenvalue weighted by atomic mass is 10.3. The van der Waals surface area contributed by atoms with Gasteiger partial charge in [-0.05, 0) is 13.8 Å². The molecule has 4 heteroatoms. The maximum atomic E-state index is 12.5. The zero-order valence-electron chi connectivity index (χ0n) is 6.76. The number of halogens is 2. The van der Waals surface area contributed by atoms with Crippen LogP contribution in [0.15, 0.2) is 0 Å². The minimum absolute atomic E-state index is 0.176. The second-order valence-electron chi connectivity index (χ2n) is 3.00. The molecule has 66 valence electrons. The molecule has 0 saturated carbocycles. The fraction of sp³-hybridized carbons (Fsp3) is 1.00. The highest BCUT2D eigenvalue weighted by Gasteiger charge is 2.28. The Kier molecular flexibility index (Phi) is 2.78. The van der Waals surface area contributed by atoms with Crippen molar-refractivity contribution in [3.05, 3.63) is 0 Å². The van der Waals surface area contributed by atoms with Crippen molar-refractivity contribution in [3.8, 4) is 0 Å². The topological polar surface area (TPSA) is 12.5 Å². The summed E-state index contributed by atoms with van der Waals surface area (Å²) in [7, 11) is 0. The van der Waals surface area contributed by atoms with Crippen molar-refractivity contribution in [2.75, 3.05) is 13.1 Å². The molecule has 0 unspecified atom stereocenters. The van der Waals surface area contributed by atoms with Gasteiger partial charge in [0.2, 0.25) is 12.7 Å². The van der Waals surface area contributed by atoms with Crippen LogP contribution in [0.2, 0.25) is 0 Å². The van der Waals surface area contributed by atoms with Crippen LogP contribution >= 0.6 is 0 Å². The summed E-state index contributed by atoms with van der Waals surface area (Å²) >= 11 is 0. The van der Waals surface area contributed by atoms with Gasteiger partial charge in [0.05, 0.1) is 13.1 Å². The van der Waals surface area contributed by atoms with Gasteiger partial charge in [0.25, 0.3) is 0 Å². The molecule has 0 aromatic carbocycles. The van der Waals surface area contributed by atoms with Crippen molar-refractivity contribution in [1.29, 1.82) is 0 Å². The Labute approximate surface area is 65.1 Å². The van der Waals surface area contributed by atoms with E-state index in [4.69, 9.17) is 0 Å². The van der Waals surface area contributed by atoms with Gasteiger partial charge < -0.3 is 4.74 Å². The number of hydrogen-bond acceptors (Lipinski definition) is 2. The van der Waals surface area contributed by atoms with E-state index >= 15 is 0 Å². The smallest absolute Gasteiger partial charge is 0.214 e. The predicted molar refractivity (Wildman–Crippen MR) is 37.6 cm³/mol. The molecule has 1 fully saturated rings. The van der Waals surface area contributed by atoms with Crippen LogP contribution in [-0.2, 0) is 4.74 Å². The Hall–Kier alpha value is -0.220. The van der Waals surface area contributed by atoms with Crippen LogP contribution in [0.5, 0.6) is 0 Å². The third kappa shape index (κ3) is 2.38. The fourth-order valence-corrected chi connectivity index (χ4v) is 1.11. The van der Waals surface area contributed by atoms with Gasteiger partial charge in [0.15, 0.2) is 0 Å². The van der Waals surface area contributed by atoms with E-state index < -0.39 is 12.7 Å². The second kappa shape index (κ2) is 3.45. The highest BCUT2D eigenvalue weighted by atomic mass is 19.2. The quantitative estimate of drug-likeness (QED) is 0.581. The maximum absolute atomic E-state index is 12.5. The first-order valence-electron chi connectivity index (χ1n) is 3.77. The lowest BCUT2D eigenvalue weighted by molar-refractivity contribution is -0.193. The number of ether oxygens (including phenoxy) is 1. The van der Waals surface area contributed by atoms with Gasteiger partial charge in [-0.25, -0.2) is 8.78 Å². The van der Waals surface area contributed by atoms with Crippen LogP contribution in [0.3, 0.4) is 0 Å². The lowest BCUT2D eigenvalue weighted by Crippen LogP contribution is -2.47. The van der Waals surface area contributed by atoms with Gasteiger partial charge in [-0.1, -0.05) is 0 Å². The molecule has 0 aromatic rings. The summed E-state index contributed by atoms with van der Waals surface area (Å²) in [4.78, 5) is 1.72. The Morgan fingerprint density at radius 1 is 1.27 bits per heavy atom. The highest BCUT2D eigenvalue weighted by Crippen LogP contribution is 2.14. The molecule has 2 nitrogen and oxygen atoms in total. The van der Waals surface area contributed by atoms with Crippen LogP contribution < -0.4 is 0 Å². The highest BCUT2D eigenvalue weighted by molar-refractivity contribution is 4.70. The summed E-state index contributed by atoms with van der Waals surface area (Å²) in [6, 6.07) is 0.176. The Morgan fingerprint density at radius 2 is 1.73 bits per heavy atom. The molecule has 1 aliphatic heterocycles. The minimum atomic E-state index is -1.47. The molecule has 2 atom stereocenters. The first-order valence-corrected chi connectivity index (χ1v) is 3.77. The van der Waals surface area contributed by atoms with Crippen molar-refractivity contribution in [2.24, 2.45) is 0 Å². The fourth-order valence-electron chi connectivity index (χ4n) is 1.11. The zero-order chi connectivity index (χ0) is 8.43. The molecule has 1 heterocycles. The first-order chi connectivity index (χ1) is 5.09. The SMILES string of the molecule is CC(C)N1C[C@H](F)O[C@@H](F)C1. The predicted octanol–water partition coefficient (Wildman–Crippen LogP) is 1.32. The van der Waals surface area contributed by atoms with E-state index in [-0.39, 0.29) is 19.1 Å². The number of hydrogen-bond donors (Lipinski definition) is 0. The van der Waals surface area contributed by atoms with Crippen molar-refractivity contribution in [2.45, 2.75) is 32.6 Å². The monoisotopic (exact) mass is 165 g/mol. The second-order valence-corrected chi connectivity index (χ2v) is 3.00. The Balaban J connectivity index is 2.43. The Bertz CT molecular complexity index is 122. The van der Waals surface area contributed by atoms with Crippen molar-refractivity contribution < 1.29 is 13.5 Å². The summed E-state index contributed by atoms with van der Waals surface area (Å²) in [5, 5.41) is 0. The van der Waals surface area contributed by atoms with Crippen molar-refractivity contribution in [3.63, 3.8) is 0 Å². The van der Waals surface area contributed by atoms with E-state index in [9.17, 15) is 8.78 Å². The average molecular weight is 165 g/mol. The number of morpholine rings is 1. The minimum Gasteiger partial charge on any atom is -0.311 e. The molecule has 1 rings (SSSR count). The van der Waals surface area contributed by atoms with Crippen LogP contribution in [-0.4, -0.2) is 36.7 Å². The molecule has 1 aliphatic rings. The average Bonchev–Trinajstić information content (AvgIpc) is 1.85.